The number of aryl methyl sites for hydroxylation is 1. The second-order valence-corrected chi connectivity index (χ2v) is 8.27. The third kappa shape index (κ3) is 4.89. The number of carbonyl (C=O) groups excluding carboxylic acids is 2. The molecule has 6 heteroatoms. The molecule has 0 spiro atoms. The smallest absolute Gasteiger partial charge is 0.227 e. The van der Waals surface area contributed by atoms with E-state index in [2.05, 4.69) is 23.5 Å². The summed E-state index contributed by atoms with van der Waals surface area (Å²) in [5, 5.41) is 3.07. The van der Waals surface area contributed by atoms with Gasteiger partial charge < -0.3 is 19.9 Å². The molecule has 30 heavy (non-hydrogen) atoms. The maximum Gasteiger partial charge on any atom is 0.227 e. The molecule has 2 aromatic rings. The highest BCUT2D eigenvalue weighted by Gasteiger charge is 2.35. The molecule has 2 saturated heterocycles. The Morgan fingerprint density at radius 1 is 1.10 bits per heavy atom. The van der Waals surface area contributed by atoms with Gasteiger partial charge in [0.1, 0.15) is 19.6 Å². The highest BCUT2D eigenvalue weighted by molar-refractivity contribution is 6.00. The summed E-state index contributed by atoms with van der Waals surface area (Å²) in [5.41, 5.74) is 4.42. The van der Waals surface area contributed by atoms with Gasteiger partial charge in [-0.3, -0.25) is 9.59 Å². The van der Waals surface area contributed by atoms with Crippen LogP contribution in [0.5, 0.6) is 0 Å². The summed E-state index contributed by atoms with van der Waals surface area (Å²) in [6, 6.07) is 16.1. The molecule has 4 rings (SSSR count). The number of quaternary nitrogens is 1. The average Bonchev–Trinajstić information content (AvgIpc) is 3.16. The van der Waals surface area contributed by atoms with Gasteiger partial charge in [0.15, 0.2) is 0 Å². The van der Waals surface area contributed by atoms with E-state index >= 15 is 0 Å². The third-order valence-electron chi connectivity index (χ3n) is 6.05. The number of hydrogen-bond acceptors (Lipinski definition) is 3. The second kappa shape index (κ2) is 9.41. The Kier molecular flexibility index (Phi) is 6.45. The lowest BCUT2D eigenvalue weighted by Gasteiger charge is -2.24. The molecule has 2 aliphatic rings. The Bertz CT molecular complexity index is 891. The molecular formula is C24H30N3O3+. The van der Waals surface area contributed by atoms with Gasteiger partial charge in [-0.1, -0.05) is 42.0 Å². The Balaban J connectivity index is 1.35. The number of carbonyl (C=O) groups is 2. The van der Waals surface area contributed by atoms with E-state index in [0.29, 0.717) is 13.1 Å². The quantitative estimate of drug-likeness (QED) is 0.752. The number of benzene rings is 2. The molecule has 2 amide bonds. The molecule has 0 unspecified atom stereocenters. The predicted octanol–water partition coefficient (Wildman–Crippen LogP) is 1.08. The summed E-state index contributed by atoms with van der Waals surface area (Å²) >= 11 is 0. The van der Waals surface area contributed by atoms with E-state index < -0.39 is 0 Å². The molecule has 158 valence electrons. The van der Waals surface area contributed by atoms with Gasteiger partial charge in [-0.25, -0.2) is 0 Å². The predicted molar refractivity (Wildman–Crippen MR) is 115 cm³/mol. The number of hydrogen-bond donors (Lipinski definition) is 2. The van der Waals surface area contributed by atoms with Crippen LogP contribution in [-0.4, -0.2) is 44.7 Å². The Morgan fingerprint density at radius 2 is 1.80 bits per heavy atom. The first-order valence-corrected chi connectivity index (χ1v) is 10.7. The summed E-state index contributed by atoms with van der Waals surface area (Å²) in [6.45, 7) is 7.53. The number of ether oxygens (including phenoxy) is 1. The van der Waals surface area contributed by atoms with E-state index in [1.54, 1.807) is 4.90 Å². The van der Waals surface area contributed by atoms with Crippen LogP contribution in [0.4, 0.5) is 5.69 Å². The van der Waals surface area contributed by atoms with Crippen molar-refractivity contribution in [2.24, 2.45) is 5.92 Å². The minimum Gasteiger partial charge on any atom is -0.370 e. The number of rotatable bonds is 6. The third-order valence-corrected chi connectivity index (χ3v) is 6.05. The maximum absolute atomic E-state index is 12.8. The number of nitrogens with zero attached hydrogens (tertiary/aromatic N) is 1. The lowest BCUT2D eigenvalue weighted by atomic mass is 10.1. The van der Waals surface area contributed by atoms with Crippen LogP contribution in [-0.2, 0) is 27.4 Å². The van der Waals surface area contributed by atoms with E-state index in [-0.39, 0.29) is 24.2 Å². The molecule has 2 heterocycles. The SMILES string of the molecule is Cc1ccc(N2C[C@@H](C(=O)NCc3ccccc3C[NH+]3CCOCC3)CC2=O)cc1. The van der Waals surface area contributed by atoms with Crippen molar-refractivity contribution >= 4 is 17.5 Å². The largest absolute Gasteiger partial charge is 0.370 e. The lowest BCUT2D eigenvalue weighted by molar-refractivity contribution is -0.921. The van der Waals surface area contributed by atoms with Gasteiger partial charge in [-0.15, -0.1) is 0 Å². The Hall–Kier alpha value is -2.70. The van der Waals surface area contributed by atoms with Crippen LogP contribution >= 0.6 is 0 Å². The van der Waals surface area contributed by atoms with Crippen molar-refractivity contribution < 1.29 is 19.2 Å². The van der Waals surface area contributed by atoms with Gasteiger partial charge in [0, 0.05) is 30.8 Å². The van der Waals surface area contributed by atoms with Crippen LogP contribution in [0.25, 0.3) is 0 Å². The monoisotopic (exact) mass is 408 g/mol. The van der Waals surface area contributed by atoms with Gasteiger partial charge in [-0.05, 0) is 24.6 Å². The molecule has 1 atom stereocenters. The normalized spacial score (nSPS) is 19.8. The van der Waals surface area contributed by atoms with Crippen molar-refractivity contribution in [1.29, 1.82) is 0 Å². The first-order chi connectivity index (χ1) is 14.6. The average molecular weight is 409 g/mol. The fourth-order valence-electron chi connectivity index (χ4n) is 4.19. The fourth-order valence-corrected chi connectivity index (χ4v) is 4.19. The molecule has 6 nitrogen and oxygen atoms in total. The van der Waals surface area contributed by atoms with E-state index in [0.717, 1.165) is 49.7 Å². The van der Waals surface area contributed by atoms with Crippen molar-refractivity contribution in [3.63, 3.8) is 0 Å². The van der Waals surface area contributed by atoms with Crippen molar-refractivity contribution in [3.8, 4) is 0 Å². The highest BCUT2D eigenvalue weighted by Crippen LogP contribution is 2.25. The molecule has 2 N–H and O–H groups in total. The van der Waals surface area contributed by atoms with Crippen LogP contribution in [0.1, 0.15) is 23.1 Å². The van der Waals surface area contributed by atoms with Crippen molar-refractivity contribution in [3.05, 3.63) is 65.2 Å². The molecule has 0 saturated carbocycles. The summed E-state index contributed by atoms with van der Waals surface area (Å²) in [6.07, 6.45) is 0.263. The summed E-state index contributed by atoms with van der Waals surface area (Å²) < 4.78 is 5.45. The zero-order chi connectivity index (χ0) is 20.9. The topological polar surface area (TPSA) is 63.1 Å². The van der Waals surface area contributed by atoms with Gasteiger partial charge in [0.25, 0.3) is 0 Å². The minimum atomic E-state index is -0.309. The molecule has 0 aromatic heterocycles. The van der Waals surface area contributed by atoms with Crippen LogP contribution in [0.3, 0.4) is 0 Å². The highest BCUT2D eigenvalue weighted by atomic mass is 16.5. The van der Waals surface area contributed by atoms with Crippen LogP contribution in [0.15, 0.2) is 48.5 Å². The van der Waals surface area contributed by atoms with Gasteiger partial charge >= 0.3 is 0 Å². The van der Waals surface area contributed by atoms with E-state index in [1.165, 1.54) is 10.5 Å². The van der Waals surface area contributed by atoms with Crippen LogP contribution < -0.4 is 15.1 Å². The number of amides is 2. The first kappa shape index (κ1) is 20.6. The minimum absolute atomic E-state index is 0.00956. The lowest BCUT2D eigenvalue weighted by Crippen LogP contribution is -3.12. The Morgan fingerprint density at radius 3 is 2.53 bits per heavy atom. The zero-order valence-electron chi connectivity index (χ0n) is 17.5. The number of morpholine rings is 1. The molecule has 2 fully saturated rings. The standard InChI is InChI=1S/C24H29N3O3/c1-18-6-8-22(9-7-18)27-17-21(14-23(27)28)24(29)25-15-19-4-2-3-5-20(19)16-26-10-12-30-13-11-26/h2-9,21H,10-17H2,1H3,(H,25,29)/p+1/t21-/m0/s1. The van der Waals surface area contributed by atoms with E-state index in [9.17, 15) is 9.59 Å². The van der Waals surface area contributed by atoms with Crippen molar-refractivity contribution in [1.82, 2.24) is 5.32 Å². The van der Waals surface area contributed by atoms with Gasteiger partial charge in [0.2, 0.25) is 11.8 Å². The zero-order valence-corrected chi connectivity index (χ0v) is 17.5. The first-order valence-electron chi connectivity index (χ1n) is 10.7. The molecular weight excluding hydrogens is 378 g/mol. The number of anilines is 1. The second-order valence-electron chi connectivity index (χ2n) is 8.27. The van der Waals surface area contributed by atoms with E-state index in [1.807, 2.05) is 37.3 Å². The van der Waals surface area contributed by atoms with Gasteiger partial charge in [-0.2, -0.15) is 0 Å². The van der Waals surface area contributed by atoms with E-state index in [4.69, 9.17) is 4.74 Å². The molecule has 2 aromatic carbocycles. The molecule has 0 bridgehead atoms. The summed E-state index contributed by atoms with van der Waals surface area (Å²) in [5.74, 6) is -0.349. The molecule has 0 radical (unpaired) electrons. The van der Waals surface area contributed by atoms with Crippen molar-refractivity contribution in [2.75, 3.05) is 37.7 Å². The van der Waals surface area contributed by atoms with Crippen LogP contribution in [0, 0.1) is 12.8 Å². The molecule has 0 aliphatic carbocycles. The maximum atomic E-state index is 12.8. The molecule has 2 aliphatic heterocycles. The van der Waals surface area contributed by atoms with Gasteiger partial charge in [0.05, 0.1) is 19.1 Å². The summed E-state index contributed by atoms with van der Waals surface area (Å²) in [4.78, 5) is 28.5. The van der Waals surface area contributed by atoms with Crippen molar-refractivity contribution in [2.45, 2.75) is 26.4 Å². The number of nitrogens with one attached hydrogen (secondary N) is 2. The van der Waals surface area contributed by atoms with Crippen LogP contribution in [0.2, 0.25) is 0 Å². The summed E-state index contributed by atoms with van der Waals surface area (Å²) in [7, 11) is 0. The Labute approximate surface area is 177 Å². The fraction of sp³-hybridized carbons (Fsp3) is 0.417.